The Balaban J connectivity index is 1.77. The van der Waals surface area contributed by atoms with Crippen molar-refractivity contribution in [1.82, 2.24) is 0 Å². The van der Waals surface area contributed by atoms with Crippen LogP contribution in [-0.4, -0.2) is 0 Å². The Morgan fingerprint density at radius 3 is 1.70 bits per heavy atom. The van der Waals surface area contributed by atoms with Gasteiger partial charge >= 0.3 is 0 Å². The smallest absolute Gasteiger partial charge is 0.00203 e. The van der Waals surface area contributed by atoms with Crippen molar-refractivity contribution < 1.29 is 0 Å². The maximum atomic E-state index is 4.33. The van der Waals surface area contributed by atoms with Crippen molar-refractivity contribution in [3.05, 3.63) is 176 Å². The molecule has 0 aliphatic rings. The van der Waals surface area contributed by atoms with Gasteiger partial charge in [-0.2, -0.15) is 0 Å². The van der Waals surface area contributed by atoms with Crippen LogP contribution in [0.4, 0.5) is 0 Å². The summed E-state index contributed by atoms with van der Waals surface area (Å²) in [5.74, 6) is 0.434. The molecular weight excluding hydrogens is 565 g/mol. The highest BCUT2D eigenvalue weighted by molar-refractivity contribution is 6.13. The topological polar surface area (TPSA) is 0 Å². The predicted molar refractivity (Wildman–Crippen MR) is 212 cm³/mol. The highest BCUT2D eigenvalue weighted by atomic mass is 14.2. The van der Waals surface area contributed by atoms with Gasteiger partial charge in [-0.25, -0.2) is 0 Å². The van der Waals surface area contributed by atoms with Crippen molar-refractivity contribution in [2.75, 3.05) is 0 Å². The first-order valence-electron chi connectivity index (χ1n) is 16.3. The summed E-state index contributed by atoms with van der Waals surface area (Å²) in [6, 6.07) is 30.7. The normalized spacial score (nSPS) is 12.2. The van der Waals surface area contributed by atoms with Crippen molar-refractivity contribution in [1.29, 1.82) is 0 Å². The fourth-order valence-electron chi connectivity index (χ4n) is 6.61. The van der Waals surface area contributed by atoms with Crippen molar-refractivity contribution >= 4 is 40.6 Å². The van der Waals surface area contributed by atoms with E-state index in [1.165, 1.54) is 22.1 Å². The van der Waals surface area contributed by atoms with E-state index in [1.807, 2.05) is 36.5 Å². The summed E-state index contributed by atoms with van der Waals surface area (Å²) >= 11 is 0. The Labute approximate surface area is 281 Å². The molecular formula is C47H44. The van der Waals surface area contributed by atoms with Gasteiger partial charge in [0, 0.05) is 0 Å². The van der Waals surface area contributed by atoms with Crippen LogP contribution in [0.1, 0.15) is 53.6 Å². The zero-order valence-corrected chi connectivity index (χ0v) is 28.0. The molecule has 0 aliphatic heterocycles. The summed E-state index contributed by atoms with van der Waals surface area (Å²) in [6.07, 6.45) is 17.0. The Hall–Kier alpha value is -5.46. The second-order valence-electron chi connectivity index (χ2n) is 11.9. The molecule has 0 fully saturated rings. The van der Waals surface area contributed by atoms with E-state index in [0.717, 1.165) is 67.4 Å². The first kappa shape index (κ1) is 32.9. The lowest BCUT2D eigenvalue weighted by Crippen LogP contribution is -2.00. The molecule has 0 N–H and O–H groups in total. The summed E-state index contributed by atoms with van der Waals surface area (Å²) in [4.78, 5) is 0. The standard InChI is InChI=1S/C47H44/c1-9-15-16-19-41(33(8)10-2)34-26-28-36(29-27-34)46-39(13-5)40(14-6)47(44-21-18-17-20-43(44)46)45-31-30-42(37(11-3)38(45)12-4)35-24-22-32(7)23-25-35/h9,11-31,33H,1,3-6,10H2,2,7-8H3/b16-15-,41-19+/t33-/m1/s1. The SMILES string of the molecule is C=C/C=C\C=C(\c1ccc(-c2c(C=C)c(C=C)c(-c3ccc(-c4ccc(C)cc4)c(C=C)c3C=C)c3ccccc23)cc1)[C@H](C)CC. The molecule has 47 heavy (non-hydrogen) atoms. The molecule has 0 bridgehead atoms. The number of hydrogen-bond donors (Lipinski definition) is 0. The minimum Gasteiger partial charge on any atom is -0.0991 e. The van der Waals surface area contributed by atoms with Crippen LogP contribution in [0, 0.1) is 12.8 Å². The van der Waals surface area contributed by atoms with Crippen LogP contribution in [0.5, 0.6) is 0 Å². The maximum absolute atomic E-state index is 4.33. The molecule has 0 heteroatoms. The van der Waals surface area contributed by atoms with E-state index in [-0.39, 0.29) is 0 Å². The maximum Gasteiger partial charge on any atom is -0.00203 e. The number of hydrogen-bond acceptors (Lipinski definition) is 0. The van der Waals surface area contributed by atoms with Gasteiger partial charge in [-0.1, -0.05) is 186 Å². The molecule has 5 rings (SSSR count). The third-order valence-corrected chi connectivity index (χ3v) is 9.20. The molecule has 0 radical (unpaired) electrons. The van der Waals surface area contributed by atoms with E-state index < -0.39 is 0 Å². The monoisotopic (exact) mass is 608 g/mol. The van der Waals surface area contributed by atoms with Crippen LogP contribution < -0.4 is 0 Å². The minimum absolute atomic E-state index is 0.434. The van der Waals surface area contributed by atoms with E-state index in [9.17, 15) is 0 Å². The van der Waals surface area contributed by atoms with Gasteiger partial charge in [0.2, 0.25) is 0 Å². The van der Waals surface area contributed by atoms with Crippen molar-refractivity contribution in [2.24, 2.45) is 5.92 Å². The molecule has 0 heterocycles. The highest BCUT2D eigenvalue weighted by Gasteiger charge is 2.22. The van der Waals surface area contributed by atoms with Gasteiger partial charge in [0.05, 0.1) is 0 Å². The van der Waals surface area contributed by atoms with Crippen molar-refractivity contribution in [3.63, 3.8) is 0 Å². The zero-order valence-electron chi connectivity index (χ0n) is 28.0. The van der Waals surface area contributed by atoms with Gasteiger partial charge in [-0.05, 0) is 96.8 Å². The second kappa shape index (κ2) is 14.8. The molecule has 0 saturated carbocycles. The summed E-state index contributed by atoms with van der Waals surface area (Å²) in [5, 5.41) is 2.32. The molecule has 0 amide bonds. The van der Waals surface area contributed by atoms with Crippen LogP contribution in [0.25, 0.3) is 74.0 Å². The Morgan fingerprint density at radius 1 is 0.596 bits per heavy atom. The van der Waals surface area contributed by atoms with Gasteiger partial charge in [0.1, 0.15) is 0 Å². The molecule has 0 aromatic heterocycles. The highest BCUT2D eigenvalue weighted by Crippen LogP contribution is 2.46. The van der Waals surface area contributed by atoms with E-state index >= 15 is 0 Å². The molecule has 0 spiro atoms. The lowest BCUT2D eigenvalue weighted by Gasteiger charge is -2.23. The summed E-state index contributed by atoms with van der Waals surface area (Å²) < 4.78 is 0. The largest absolute Gasteiger partial charge is 0.0991 e. The van der Waals surface area contributed by atoms with Gasteiger partial charge in [0.25, 0.3) is 0 Å². The second-order valence-corrected chi connectivity index (χ2v) is 11.9. The molecule has 0 saturated heterocycles. The fourth-order valence-corrected chi connectivity index (χ4v) is 6.61. The molecule has 0 nitrogen and oxygen atoms in total. The van der Waals surface area contributed by atoms with Gasteiger partial charge in [-0.3, -0.25) is 0 Å². The molecule has 0 aliphatic carbocycles. The van der Waals surface area contributed by atoms with Gasteiger partial charge in [0.15, 0.2) is 0 Å². The first-order chi connectivity index (χ1) is 22.9. The van der Waals surface area contributed by atoms with Crippen LogP contribution in [0.15, 0.2) is 142 Å². The number of fused-ring (bicyclic) bond motifs is 1. The minimum atomic E-state index is 0.434. The van der Waals surface area contributed by atoms with E-state index in [2.05, 4.69) is 151 Å². The fraction of sp³-hybridized carbons (Fsp3) is 0.106. The molecule has 0 unspecified atom stereocenters. The van der Waals surface area contributed by atoms with Crippen molar-refractivity contribution in [2.45, 2.75) is 27.2 Å². The number of rotatable bonds is 12. The lowest BCUT2D eigenvalue weighted by atomic mass is 9.80. The quantitative estimate of drug-likeness (QED) is 0.124. The van der Waals surface area contributed by atoms with E-state index in [1.54, 1.807) is 0 Å². The first-order valence-corrected chi connectivity index (χ1v) is 16.3. The van der Waals surface area contributed by atoms with Gasteiger partial charge < -0.3 is 0 Å². The van der Waals surface area contributed by atoms with Gasteiger partial charge in [-0.15, -0.1) is 0 Å². The summed E-state index contributed by atoms with van der Waals surface area (Å²) in [5.41, 5.74) is 14.8. The summed E-state index contributed by atoms with van der Waals surface area (Å²) in [7, 11) is 0. The summed E-state index contributed by atoms with van der Waals surface area (Å²) in [6.45, 7) is 27.6. The van der Waals surface area contributed by atoms with E-state index in [0.29, 0.717) is 5.92 Å². The predicted octanol–water partition coefficient (Wildman–Crippen LogP) is 13.9. The van der Waals surface area contributed by atoms with Crippen LogP contribution in [0.2, 0.25) is 0 Å². The number of aryl methyl sites for hydroxylation is 1. The lowest BCUT2D eigenvalue weighted by molar-refractivity contribution is 0.718. The zero-order chi connectivity index (χ0) is 33.5. The van der Waals surface area contributed by atoms with Crippen LogP contribution in [0.3, 0.4) is 0 Å². The molecule has 1 atom stereocenters. The number of benzene rings is 5. The average molecular weight is 609 g/mol. The average Bonchev–Trinajstić information content (AvgIpc) is 3.11. The Kier molecular flexibility index (Phi) is 10.3. The molecule has 232 valence electrons. The molecule has 5 aromatic rings. The number of allylic oxidation sites excluding steroid dienone is 5. The Bertz CT molecular complexity index is 2040. The van der Waals surface area contributed by atoms with Crippen molar-refractivity contribution in [3.8, 4) is 33.4 Å². The van der Waals surface area contributed by atoms with Crippen LogP contribution >= 0.6 is 0 Å². The Morgan fingerprint density at radius 2 is 1.13 bits per heavy atom. The molecule has 5 aromatic carbocycles. The van der Waals surface area contributed by atoms with Crippen LogP contribution in [-0.2, 0) is 0 Å². The third kappa shape index (κ3) is 6.33. The van der Waals surface area contributed by atoms with E-state index in [4.69, 9.17) is 0 Å². The third-order valence-electron chi connectivity index (χ3n) is 9.20.